The standard InChI is InChI=1S/C26H18ClNO7/c1-2-34-25(32)16-5-10-19(11-6-16)28-23(30)20-12-7-17(13-21(20)24(28)31)26(33)35-14-22(29)15-3-8-18(27)9-4-15/h3-13H,2,14H2,1H3. The second-order valence-electron chi connectivity index (χ2n) is 7.48. The summed E-state index contributed by atoms with van der Waals surface area (Å²) in [4.78, 5) is 63.3. The number of hydrogen-bond acceptors (Lipinski definition) is 7. The fraction of sp³-hybridized carbons (Fsp3) is 0.115. The van der Waals surface area contributed by atoms with E-state index in [0.29, 0.717) is 10.6 Å². The first-order valence-corrected chi connectivity index (χ1v) is 10.9. The van der Waals surface area contributed by atoms with E-state index in [4.69, 9.17) is 21.1 Å². The lowest BCUT2D eigenvalue weighted by atomic mass is 10.1. The minimum Gasteiger partial charge on any atom is -0.462 e. The van der Waals surface area contributed by atoms with Gasteiger partial charge < -0.3 is 9.47 Å². The van der Waals surface area contributed by atoms with E-state index in [-0.39, 0.29) is 34.5 Å². The predicted octanol–water partition coefficient (Wildman–Crippen LogP) is 4.36. The molecular weight excluding hydrogens is 474 g/mol. The molecule has 9 heteroatoms. The van der Waals surface area contributed by atoms with Crippen molar-refractivity contribution in [2.45, 2.75) is 6.92 Å². The molecule has 0 atom stereocenters. The normalized spacial score (nSPS) is 12.3. The second-order valence-corrected chi connectivity index (χ2v) is 7.92. The number of amides is 2. The van der Waals surface area contributed by atoms with Crippen LogP contribution in [0.4, 0.5) is 5.69 Å². The van der Waals surface area contributed by atoms with Crippen LogP contribution >= 0.6 is 11.6 Å². The minimum atomic E-state index is -0.812. The summed E-state index contributed by atoms with van der Waals surface area (Å²) in [5.41, 5.74) is 1.06. The molecule has 0 radical (unpaired) electrons. The number of Topliss-reactive ketones (excluding diaryl/α,β-unsaturated/α-hetero) is 1. The molecule has 3 aromatic carbocycles. The predicted molar refractivity (Wildman–Crippen MR) is 126 cm³/mol. The largest absolute Gasteiger partial charge is 0.462 e. The van der Waals surface area contributed by atoms with Gasteiger partial charge in [0.25, 0.3) is 11.8 Å². The summed E-state index contributed by atoms with van der Waals surface area (Å²) in [6.45, 7) is 1.41. The molecule has 3 aromatic rings. The molecule has 8 nitrogen and oxygen atoms in total. The molecule has 0 bridgehead atoms. The summed E-state index contributed by atoms with van der Waals surface area (Å²) in [5.74, 6) is -2.93. The number of anilines is 1. The van der Waals surface area contributed by atoms with Crippen molar-refractivity contribution in [1.82, 2.24) is 0 Å². The number of carbonyl (C=O) groups excluding carboxylic acids is 5. The second kappa shape index (κ2) is 9.90. The smallest absolute Gasteiger partial charge is 0.338 e. The molecule has 1 aliphatic rings. The number of carbonyl (C=O) groups is 5. The molecule has 0 fully saturated rings. The van der Waals surface area contributed by atoms with Gasteiger partial charge in [0.05, 0.1) is 34.5 Å². The Bertz CT molecular complexity index is 1350. The van der Waals surface area contributed by atoms with E-state index in [2.05, 4.69) is 0 Å². The zero-order chi connectivity index (χ0) is 25.1. The fourth-order valence-electron chi connectivity index (χ4n) is 3.50. The minimum absolute atomic E-state index is 0.0216. The molecule has 35 heavy (non-hydrogen) atoms. The summed E-state index contributed by atoms with van der Waals surface area (Å²) >= 11 is 5.80. The maximum absolute atomic E-state index is 13.0. The highest BCUT2D eigenvalue weighted by Gasteiger charge is 2.37. The molecule has 0 spiro atoms. The van der Waals surface area contributed by atoms with Gasteiger partial charge in [-0.2, -0.15) is 0 Å². The molecule has 0 saturated heterocycles. The third kappa shape index (κ3) is 4.83. The first-order chi connectivity index (χ1) is 16.8. The van der Waals surface area contributed by atoms with Crippen LogP contribution in [0.3, 0.4) is 0 Å². The van der Waals surface area contributed by atoms with E-state index in [0.717, 1.165) is 4.90 Å². The number of benzene rings is 3. The average Bonchev–Trinajstić information content (AvgIpc) is 3.12. The summed E-state index contributed by atoms with van der Waals surface area (Å²) in [5, 5.41) is 0.472. The van der Waals surface area contributed by atoms with E-state index >= 15 is 0 Å². The average molecular weight is 492 g/mol. The monoisotopic (exact) mass is 491 g/mol. The molecule has 0 N–H and O–H groups in total. The van der Waals surface area contributed by atoms with Gasteiger partial charge in [-0.3, -0.25) is 14.4 Å². The van der Waals surface area contributed by atoms with Crippen LogP contribution in [0.1, 0.15) is 58.7 Å². The van der Waals surface area contributed by atoms with Gasteiger partial charge in [-0.1, -0.05) is 11.6 Å². The Hall–Kier alpha value is -4.30. The molecular formula is C26H18ClNO7. The Kier molecular flexibility index (Phi) is 6.75. The van der Waals surface area contributed by atoms with Crippen LogP contribution in [0.5, 0.6) is 0 Å². The van der Waals surface area contributed by atoms with Crippen molar-refractivity contribution in [1.29, 1.82) is 0 Å². The van der Waals surface area contributed by atoms with E-state index in [1.807, 2.05) is 0 Å². The Morgan fingerprint density at radius 2 is 1.31 bits per heavy atom. The van der Waals surface area contributed by atoms with Crippen molar-refractivity contribution < 1.29 is 33.4 Å². The van der Waals surface area contributed by atoms with Crippen LogP contribution < -0.4 is 4.90 Å². The van der Waals surface area contributed by atoms with Crippen molar-refractivity contribution in [2.24, 2.45) is 0 Å². The molecule has 2 amide bonds. The number of ether oxygens (including phenoxy) is 2. The Balaban J connectivity index is 1.48. The lowest BCUT2D eigenvalue weighted by molar-refractivity contribution is 0.0474. The van der Waals surface area contributed by atoms with Crippen molar-refractivity contribution in [3.8, 4) is 0 Å². The molecule has 0 saturated carbocycles. The number of esters is 2. The van der Waals surface area contributed by atoms with Gasteiger partial charge in [-0.05, 0) is 73.7 Å². The third-order valence-electron chi connectivity index (χ3n) is 5.26. The quantitative estimate of drug-likeness (QED) is 0.274. The lowest BCUT2D eigenvalue weighted by Crippen LogP contribution is -2.29. The van der Waals surface area contributed by atoms with Gasteiger partial charge in [0.15, 0.2) is 12.4 Å². The number of rotatable bonds is 7. The summed E-state index contributed by atoms with van der Waals surface area (Å²) < 4.78 is 10.0. The Morgan fingerprint density at radius 1 is 0.743 bits per heavy atom. The maximum atomic E-state index is 13.0. The van der Waals surface area contributed by atoms with Gasteiger partial charge >= 0.3 is 11.9 Å². The SMILES string of the molecule is CCOC(=O)c1ccc(N2C(=O)c3ccc(C(=O)OCC(=O)c4ccc(Cl)cc4)cc3C2=O)cc1. The molecule has 1 aliphatic heterocycles. The van der Waals surface area contributed by atoms with Crippen molar-refractivity contribution in [3.05, 3.63) is 99.6 Å². The van der Waals surface area contributed by atoms with Crippen molar-refractivity contribution >= 4 is 46.8 Å². The first kappa shape index (κ1) is 23.8. The molecule has 0 aromatic heterocycles. The summed E-state index contributed by atoms with van der Waals surface area (Å²) in [6, 6.07) is 16.0. The number of fused-ring (bicyclic) bond motifs is 1. The van der Waals surface area contributed by atoms with Gasteiger partial charge in [0, 0.05) is 10.6 Å². The van der Waals surface area contributed by atoms with E-state index in [1.54, 1.807) is 19.1 Å². The lowest BCUT2D eigenvalue weighted by Gasteiger charge is -2.14. The van der Waals surface area contributed by atoms with Crippen LogP contribution in [0.2, 0.25) is 5.02 Å². The van der Waals surface area contributed by atoms with Gasteiger partial charge in [-0.15, -0.1) is 0 Å². The summed E-state index contributed by atoms with van der Waals surface area (Å²) in [7, 11) is 0. The zero-order valence-electron chi connectivity index (χ0n) is 18.4. The molecule has 176 valence electrons. The number of imide groups is 1. The number of halogens is 1. The van der Waals surface area contributed by atoms with Crippen molar-refractivity contribution in [2.75, 3.05) is 18.1 Å². The van der Waals surface area contributed by atoms with E-state index in [1.165, 1.54) is 54.6 Å². The first-order valence-electron chi connectivity index (χ1n) is 10.6. The molecule has 0 unspecified atom stereocenters. The van der Waals surface area contributed by atoms with Crippen LogP contribution in [0, 0.1) is 0 Å². The number of ketones is 1. The van der Waals surface area contributed by atoms with Gasteiger partial charge in [0.1, 0.15) is 0 Å². The molecule has 1 heterocycles. The maximum Gasteiger partial charge on any atom is 0.338 e. The zero-order valence-corrected chi connectivity index (χ0v) is 19.2. The number of nitrogens with zero attached hydrogens (tertiary/aromatic N) is 1. The highest BCUT2D eigenvalue weighted by molar-refractivity contribution is 6.34. The Morgan fingerprint density at radius 3 is 1.97 bits per heavy atom. The topological polar surface area (TPSA) is 107 Å². The van der Waals surface area contributed by atoms with Crippen LogP contribution in [-0.2, 0) is 9.47 Å². The number of hydrogen-bond donors (Lipinski definition) is 0. The molecule has 0 aliphatic carbocycles. The van der Waals surface area contributed by atoms with Crippen LogP contribution in [0.25, 0.3) is 0 Å². The highest BCUT2D eigenvalue weighted by atomic mass is 35.5. The van der Waals surface area contributed by atoms with Gasteiger partial charge in [-0.25, -0.2) is 14.5 Å². The third-order valence-corrected chi connectivity index (χ3v) is 5.51. The highest BCUT2D eigenvalue weighted by Crippen LogP contribution is 2.29. The van der Waals surface area contributed by atoms with Crippen LogP contribution in [-0.4, -0.2) is 42.7 Å². The van der Waals surface area contributed by atoms with Crippen LogP contribution in [0.15, 0.2) is 66.7 Å². The van der Waals surface area contributed by atoms with E-state index in [9.17, 15) is 24.0 Å². The van der Waals surface area contributed by atoms with Gasteiger partial charge in [0.2, 0.25) is 0 Å². The van der Waals surface area contributed by atoms with E-state index < -0.39 is 36.1 Å². The Labute approximate surface area is 205 Å². The summed E-state index contributed by atoms with van der Waals surface area (Å²) in [6.07, 6.45) is 0. The molecule has 4 rings (SSSR count). The fourth-order valence-corrected chi connectivity index (χ4v) is 3.62. The van der Waals surface area contributed by atoms with Crippen molar-refractivity contribution in [3.63, 3.8) is 0 Å².